The predicted octanol–water partition coefficient (Wildman–Crippen LogP) is 2.72. The summed E-state index contributed by atoms with van der Waals surface area (Å²) < 4.78 is 5.47. The predicted molar refractivity (Wildman–Crippen MR) is 82.1 cm³/mol. The number of carbonyl (C=O) groups is 1. The van der Waals surface area contributed by atoms with E-state index in [2.05, 4.69) is 15.6 Å². The third kappa shape index (κ3) is 4.16. The van der Waals surface area contributed by atoms with Crippen LogP contribution in [0.2, 0.25) is 0 Å². The number of hydrogen-bond acceptors (Lipinski definition) is 4. The van der Waals surface area contributed by atoms with Crippen LogP contribution >= 0.6 is 0 Å². The number of rotatable bonds is 5. The minimum Gasteiger partial charge on any atom is -0.444 e. The van der Waals surface area contributed by atoms with Gasteiger partial charge in [-0.2, -0.15) is 0 Å². The molecule has 0 fully saturated rings. The normalized spacial score (nSPS) is 12.2. The first-order valence-electron chi connectivity index (χ1n) is 6.99. The summed E-state index contributed by atoms with van der Waals surface area (Å²) in [7, 11) is 0. The molecule has 0 aliphatic heterocycles. The van der Waals surface area contributed by atoms with Crippen LogP contribution in [0.5, 0.6) is 0 Å². The van der Waals surface area contributed by atoms with Crippen LogP contribution in [0.15, 0.2) is 28.7 Å². The Balaban J connectivity index is 1.86. The zero-order chi connectivity index (χ0) is 15.4. The Hall–Kier alpha value is -2.14. The molecule has 1 aromatic heterocycles. The van der Waals surface area contributed by atoms with E-state index in [0.717, 1.165) is 22.7 Å². The first-order chi connectivity index (χ1) is 9.95. The van der Waals surface area contributed by atoms with Gasteiger partial charge in [-0.3, -0.25) is 10.1 Å². The van der Waals surface area contributed by atoms with Crippen LogP contribution in [0.25, 0.3) is 0 Å². The van der Waals surface area contributed by atoms with Crippen molar-refractivity contribution in [1.82, 2.24) is 10.3 Å². The fourth-order valence-corrected chi connectivity index (χ4v) is 1.84. The van der Waals surface area contributed by atoms with Crippen LogP contribution in [0.4, 0.5) is 5.69 Å². The van der Waals surface area contributed by atoms with E-state index in [9.17, 15) is 4.79 Å². The molecule has 1 atom stereocenters. The average Bonchev–Trinajstić information content (AvgIpc) is 2.77. The summed E-state index contributed by atoms with van der Waals surface area (Å²) in [6, 6.07) is 7.37. The van der Waals surface area contributed by atoms with Gasteiger partial charge in [0.05, 0.1) is 18.3 Å². The molecule has 0 bridgehead atoms. The van der Waals surface area contributed by atoms with Gasteiger partial charge in [-0.1, -0.05) is 17.7 Å². The lowest BCUT2D eigenvalue weighted by molar-refractivity contribution is -0.117. The first-order valence-corrected chi connectivity index (χ1v) is 6.99. The van der Waals surface area contributed by atoms with Crippen molar-refractivity contribution in [3.05, 3.63) is 47.2 Å². The number of aromatic nitrogens is 1. The summed E-state index contributed by atoms with van der Waals surface area (Å²) >= 11 is 0. The van der Waals surface area contributed by atoms with E-state index in [1.807, 2.05) is 52.0 Å². The van der Waals surface area contributed by atoms with Crippen molar-refractivity contribution in [3.63, 3.8) is 0 Å². The van der Waals surface area contributed by atoms with Crippen LogP contribution in [-0.2, 0) is 11.3 Å². The topological polar surface area (TPSA) is 67.2 Å². The summed E-state index contributed by atoms with van der Waals surface area (Å²) in [5.41, 5.74) is 2.83. The standard InChI is InChI=1S/C16H21N3O2/c1-10-5-7-14(8-6-10)19-16(20)12(3)17-9-15-18-11(2)13(4)21-15/h5-8,12,17H,9H2,1-4H3,(H,19,20). The second-order valence-electron chi connectivity index (χ2n) is 5.21. The minimum absolute atomic E-state index is 0.0844. The number of hydrogen-bond donors (Lipinski definition) is 2. The van der Waals surface area contributed by atoms with Crippen molar-refractivity contribution in [2.45, 2.75) is 40.3 Å². The highest BCUT2D eigenvalue weighted by Gasteiger charge is 2.14. The maximum absolute atomic E-state index is 12.1. The molecular weight excluding hydrogens is 266 g/mol. The summed E-state index contributed by atoms with van der Waals surface area (Å²) in [4.78, 5) is 16.3. The molecule has 0 spiro atoms. The van der Waals surface area contributed by atoms with Gasteiger partial charge in [0.15, 0.2) is 0 Å². The van der Waals surface area contributed by atoms with E-state index in [1.54, 1.807) is 0 Å². The van der Waals surface area contributed by atoms with Crippen molar-refractivity contribution in [2.24, 2.45) is 0 Å². The smallest absolute Gasteiger partial charge is 0.241 e. The monoisotopic (exact) mass is 287 g/mol. The van der Waals surface area contributed by atoms with Gasteiger partial charge in [-0.15, -0.1) is 0 Å². The quantitative estimate of drug-likeness (QED) is 0.887. The maximum Gasteiger partial charge on any atom is 0.241 e. The number of oxazole rings is 1. The van der Waals surface area contributed by atoms with Gasteiger partial charge in [0.1, 0.15) is 5.76 Å². The fraction of sp³-hybridized carbons (Fsp3) is 0.375. The van der Waals surface area contributed by atoms with Crippen LogP contribution in [-0.4, -0.2) is 16.9 Å². The molecule has 112 valence electrons. The van der Waals surface area contributed by atoms with Crippen molar-refractivity contribution in [3.8, 4) is 0 Å². The SMILES string of the molecule is Cc1ccc(NC(=O)C(C)NCc2nc(C)c(C)o2)cc1. The van der Waals surface area contributed by atoms with E-state index < -0.39 is 0 Å². The Morgan fingerprint density at radius 3 is 2.48 bits per heavy atom. The van der Waals surface area contributed by atoms with Crippen LogP contribution in [0, 0.1) is 20.8 Å². The summed E-state index contributed by atoms with van der Waals surface area (Å²) in [6.45, 7) is 8.02. The van der Waals surface area contributed by atoms with Gasteiger partial charge >= 0.3 is 0 Å². The zero-order valence-electron chi connectivity index (χ0n) is 12.9. The molecule has 0 radical (unpaired) electrons. The average molecular weight is 287 g/mol. The second-order valence-corrected chi connectivity index (χ2v) is 5.21. The lowest BCUT2D eigenvalue weighted by Crippen LogP contribution is -2.37. The second kappa shape index (κ2) is 6.54. The van der Waals surface area contributed by atoms with Crippen molar-refractivity contribution in [1.29, 1.82) is 0 Å². The number of amides is 1. The Morgan fingerprint density at radius 2 is 1.90 bits per heavy atom. The Labute approximate surface area is 124 Å². The van der Waals surface area contributed by atoms with Gasteiger partial charge < -0.3 is 9.73 Å². The molecule has 0 saturated carbocycles. The molecule has 2 aromatic rings. The molecule has 2 rings (SSSR count). The van der Waals surface area contributed by atoms with Crippen molar-refractivity contribution in [2.75, 3.05) is 5.32 Å². The fourth-order valence-electron chi connectivity index (χ4n) is 1.84. The highest BCUT2D eigenvalue weighted by Crippen LogP contribution is 2.10. The Kier molecular flexibility index (Phi) is 4.75. The van der Waals surface area contributed by atoms with E-state index in [4.69, 9.17) is 4.42 Å². The van der Waals surface area contributed by atoms with E-state index in [-0.39, 0.29) is 11.9 Å². The van der Waals surface area contributed by atoms with Crippen molar-refractivity contribution < 1.29 is 9.21 Å². The molecule has 1 heterocycles. The third-order valence-corrected chi connectivity index (χ3v) is 3.34. The Morgan fingerprint density at radius 1 is 1.24 bits per heavy atom. The van der Waals surface area contributed by atoms with Gasteiger partial charge in [-0.05, 0) is 39.8 Å². The summed E-state index contributed by atoms with van der Waals surface area (Å²) in [5, 5.41) is 5.97. The van der Waals surface area contributed by atoms with Crippen molar-refractivity contribution >= 4 is 11.6 Å². The molecule has 2 N–H and O–H groups in total. The maximum atomic E-state index is 12.1. The summed E-state index contributed by atoms with van der Waals surface area (Å²) in [5.74, 6) is 1.32. The molecule has 0 saturated heterocycles. The van der Waals surface area contributed by atoms with E-state index >= 15 is 0 Å². The van der Waals surface area contributed by atoms with Crippen LogP contribution < -0.4 is 10.6 Å². The lowest BCUT2D eigenvalue weighted by Gasteiger charge is -2.13. The summed E-state index contributed by atoms with van der Waals surface area (Å²) in [6.07, 6.45) is 0. The zero-order valence-corrected chi connectivity index (χ0v) is 12.9. The molecule has 0 aliphatic carbocycles. The minimum atomic E-state index is -0.334. The highest BCUT2D eigenvalue weighted by atomic mass is 16.4. The number of aryl methyl sites for hydroxylation is 3. The molecule has 0 aliphatic rings. The highest BCUT2D eigenvalue weighted by molar-refractivity contribution is 5.94. The molecule has 21 heavy (non-hydrogen) atoms. The molecular formula is C16H21N3O2. The molecule has 1 aromatic carbocycles. The van der Waals surface area contributed by atoms with E-state index in [1.165, 1.54) is 0 Å². The van der Waals surface area contributed by atoms with Crippen LogP contribution in [0.1, 0.15) is 29.8 Å². The van der Waals surface area contributed by atoms with E-state index in [0.29, 0.717) is 12.4 Å². The number of benzene rings is 1. The number of nitrogens with zero attached hydrogens (tertiary/aromatic N) is 1. The number of carbonyl (C=O) groups excluding carboxylic acids is 1. The first kappa shape index (κ1) is 15.3. The largest absolute Gasteiger partial charge is 0.444 e. The van der Waals surface area contributed by atoms with Gasteiger partial charge in [-0.25, -0.2) is 4.98 Å². The van der Waals surface area contributed by atoms with Crippen LogP contribution in [0.3, 0.4) is 0 Å². The molecule has 5 heteroatoms. The Bertz CT molecular complexity index is 597. The molecule has 5 nitrogen and oxygen atoms in total. The lowest BCUT2D eigenvalue weighted by atomic mass is 10.2. The molecule has 1 amide bonds. The number of nitrogens with one attached hydrogen (secondary N) is 2. The van der Waals surface area contributed by atoms with Gasteiger partial charge in [0.25, 0.3) is 0 Å². The third-order valence-electron chi connectivity index (χ3n) is 3.34. The van der Waals surface area contributed by atoms with Gasteiger partial charge in [0, 0.05) is 5.69 Å². The number of anilines is 1. The molecule has 1 unspecified atom stereocenters. The van der Waals surface area contributed by atoms with Gasteiger partial charge in [0.2, 0.25) is 11.8 Å².